The lowest BCUT2D eigenvalue weighted by Crippen LogP contribution is -2.26. The Balaban J connectivity index is 2.05. The van der Waals surface area contributed by atoms with E-state index in [1.54, 1.807) is 0 Å². The number of fused-ring (bicyclic) bond motifs is 4. The van der Waals surface area contributed by atoms with Gasteiger partial charge in [-0.05, 0) is 37.5 Å². The number of carbonyl (C=O) groups excluding carboxylic acids is 1. The van der Waals surface area contributed by atoms with Crippen LogP contribution in [0.4, 0.5) is 0 Å². The Morgan fingerprint density at radius 2 is 1.45 bits per heavy atom. The molecule has 0 radical (unpaired) electrons. The van der Waals surface area contributed by atoms with E-state index in [4.69, 9.17) is 0 Å². The van der Waals surface area contributed by atoms with Crippen LogP contribution >= 0.6 is 0 Å². The summed E-state index contributed by atoms with van der Waals surface area (Å²) in [5, 5.41) is 0. The topological polar surface area (TPSA) is 20.3 Å². The highest BCUT2D eigenvalue weighted by Gasteiger charge is 2.28. The second kappa shape index (κ2) is 2.84. The van der Waals surface area contributed by atoms with Crippen molar-refractivity contribution in [1.29, 1.82) is 0 Å². The lowest BCUT2D eigenvalue weighted by Gasteiger charge is -2.20. The van der Waals surface area contributed by atoms with Crippen molar-refractivity contribution in [3.63, 3.8) is 0 Å². The largest absolute Gasteiger partial charge is 0.345 e. The Hall–Kier alpha value is -0.530. The van der Waals surface area contributed by atoms with E-state index in [2.05, 4.69) is 0 Å². The number of carbonyl (C=O) groups is 1. The van der Waals surface area contributed by atoms with Gasteiger partial charge in [-0.1, -0.05) is 0 Å². The molecule has 0 N–H and O–H groups in total. The predicted octanol–water partition coefficient (Wildman–Crippen LogP) is 1.26. The van der Waals surface area contributed by atoms with E-state index in [1.807, 2.05) is 4.90 Å². The summed E-state index contributed by atoms with van der Waals surface area (Å²) in [5.74, 6) is 1.64. The zero-order valence-electron chi connectivity index (χ0n) is 6.83. The first-order valence-corrected chi connectivity index (χ1v) is 4.58. The van der Waals surface area contributed by atoms with Gasteiger partial charge in [0.25, 0.3) is 0 Å². The molecular weight excluding hydrogens is 138 g/mol. The molecule has 1 amide bonds. The standard InChI is InChI=1S/C9H15NO/c11-7-10-5-8-1-2-9(6-10)4-3-8/h7-9H,1-6H2. The highest BCUT2D eigenvalue weighted by Crippen LogP contribution is 2.33. The van der Waals surface area contributed by atoms with Gasteiger partial charge in [0.15, 0.2) is 0 Å². The van der Waals surface area contributed by atoms with Crippen molar-refractivity contribution in [3.05, 3.63) is 0 Å². The summed E-state index contributed by atoms with van der Waals surface area (Å²) in [7, 11) is 0. The van der Waals surface area contributed by atoms with Gasteiger partial charge < -0.3 is 4.90 Å². The van der Waals surface area contributed by atoms with Crippen molar-refractivity contribution in [2.45, 2.75) is 25.7 Å². The van der Waals surface area contributed by atoms with Gasteiger partial charge in [-0.15, -0.1) is 0 Å². The monoisotopic (exact) mass is 153 g/mol. The van der Waals surface area contributed by atoms with Crippen LogP contribution in [0.3, 0.4) is 0 Å². The molecule has 1 saturated carbocycles. The molecule has 62 valence electrons. The Bertz CT molecular complexity index is 136. The van der Waals surface area contributed by atoms with Gasteiger partial charge in [0.1, 0.15) is 0 Å². The fourth-order valence-corrected chi connectivity index (χ4v) is 2.42. The van der Waals surface area contributed by atoms with E-state index in [9.17, 15) is 4.79 Å². The molecule has 2 bridgehead atoms. The molecule has 2 aliphatic heterocycles. The molecule has 0 aromatic heterocycles. The van der Waals surface area contributed by atoms with Gasteiger partial charge in [-0.3, -0.25) is 4.79 Å². The third-order valence-electron chi connectivity index (χ3n) is 3.10. The molecule has 0 aromatic rings. The maximum absolute atomic E-state index is 10.6. The van der Waals surface area contributed by atoms with Gasteiger partial charge in [0.05, 0.1) is 0 Å². The first-order valence-electron chi connectivity index (χ1n) is 4.58. The highest BCUT2D eigenvalue weighted by atomic mass is 16.1. The van der Waals surface area contributed by atoms with Crippen LogP contribution in [0.15, 0.2) is 0 Å². The van der Waals surface area contributed by atoms with Gasteiger partial charge in [-0.2, -0.15) is 0 Å². The molecule has 3 rings (SSSR count). The fourth-order valence-electron chi connectivity index (χ4n) is 2.42. The lowest BCUT2D eigenvalue weighted by atomic mass is 9.84. The highest BCUT2D eigenvalue weighted by molar-refractivity contribution is 5.47. The summed E-state index contributed by atoms with van der Waals surface area (Å²) < 4.78 is 0. The quantitative estimate of drug-likeness (QED) is 0.519. The van der Waals surface area contributed by atoms with Crippen LogP contribution in [0.1, 0.15) is 25.7 Å². The van der Waals surface area contributed by atoms with Crippen molar-refractivity contribution in [2.24, 2.45) is 11.8 Å². The molecule has 2 saturated heterocycles. The Morgan fingerprint density at radius 3 is 1.82 bits per heavy atom. The molecule has 2 heterocycles. The minimum atomic E-state index is 0.818. The van der Waals surface area contributed by atoms with Crippen molar-refractivity contribution < 1.29 is 4.79 Å². The maximum Gasteiger partial charge on any atom is 0.209 e. The molecule has 2 nitrogen and oxygen atoms in total. The fraction of sp³-hybridized carbons (Fsp3) is 0.889. The van der Waals surface area contributed by atoms with Crippen LogP contribution in [0.25, 0.3) is 0 Å². The average Bonchev–Trinajstić information content (AvgIpc) is 2.35. The summed E-state index contributed by atoms with van der Waals surface area (Å²) in [6.45, 7) is 2.06. The molecular formula is C9H15NO. The molecule has 3 aliphatic rings. The Kier molecular flexibility index (Phi) is 1.84. The third kappa shape index (κ3) is 1.39. The van der Waals surface area contributed by atoms with E-state index in [0.717, 1.165) is 31.3 Å². The molecule has 3 fully saturated rings. The zero-order valence-corrected chi connectivity index (χ0v) is 6.83. The van der Waals surface area contributed by atoms with Crippen LogP contribution in [-0.2, 0) is 4.79 Å². The molecule has 1 aliphatic carbocycles. The van der Waals surface area contributed by atoms with Crippen molar-refractivity contribution >= 4 is 6.41 Å². The molecule has 0 spiro atoms. The van der Waals surface area contributed by atoms with Gasteiger partial charge in [0.2, 0.25) is 6.41 Å². The van der Waals surface area contributed by atoms with Crippen LogP contribution in [0.2, 0.25) is 0 Å². The van der Waals surface area contributed by atoms with E-state index in [0.29, 0.717) is 0 Å². The summed E-state index contributed by atoms with van der Waals surface area (Å²) in [6, 6.07) is 0. The first kappa shape index (κ1) is 7.14. The number of amides is 1. The van der Waals surface area contributed by atoms with E-state index < -0.39 is 0 Å². The molecule has 0 atom stereocenters. The molecule has 0 unspecified atom stereocenters. The minimum absolute atomic E-state index is 0.818. The summed E-state index contributed by atoms with van der Waals surface area (Å²) in [4.78, 5) is 12.5. The summed E-state index contributed by atoms with van der Waals surface area (Å²) in [5.41, 5.74) is 0. The SMILES string of the molecule is O=CN1CC2CCC(CC2)C1. The number of hydrogen-bond acceptors (Lipinski definition) is 1. The Labute approximate surface area is 67.6 Å². The second-order valence-electron chi connectivity index (χ2n) is 3.95. The molecule has 2 heteroatoms. The molecule has 11 heavy (non-hydrogen) atoms. The van der Waals surface area contributed by atoms with Crippen LogP contribution in [0.5, 0.6) is 0 Å². The van der Waals surface area contributed by atoms with E-state index >= 15 is 0 Å². The predicted molar refractivity (Wildman–Crippen MR) is 43.1 cm³/mol. The van der Waals surface area contributed by atoms with Gasteiger partial charge in [0, 0.05) is 13.1 Å². The van der Waals surface area contributed by atoms with E-state index in [-0.39, 0.29) is 0 Å². The number of rotatable bonds is 1. The third-order valence-corrected chi connectivity index (χ3v) is 3.10. The smallest absolute Gasteiger partial charge is 0.209 e. The van der Waals surface area contributed by atoms with Crippen LogP contribution in [-0.4, -0.2) is 24.4 Å². The van der Waals surface area contributed by atoms with Gasteiger partial charge >= 0.3 is 0 Å². The number of hydrogen-bond donors (Lipinski definition) is 0. The normalized spacial score (nSPS) is 36.9. The maximum atomic E-state index is 10.6. The lowest BCUT2D eigenvalue weighted by molar-refractivity contribution is -0.118. The van der Waals surface area contributed by atoms with Crippen molar-refractivity contribution in [3.8, 4) is 0 Å². The van der Waals surface area contributed by atoms with E-state index in [1.165, 1.54) is 25.7 Å². The Morgan fingerprint density at radius 1 is 1.00 bits per heavy atom. The van der Waals surface area contributed by atoms with Crippen molar-refractivity contribution in [2.75, 3.05) is 13.1 Å². The van der Waals surface area contributed by atoms with Crippen molar-refractivity contribution in [1.82, 2.24) is 4.90 Å². The first-order chi connectivity index (χ1) is 5.38. The summed E-state index contributed by atoms with van der Waals surface area (Å²) in [6.07, 6.45) is 6.45. The molecule has 0 aromatic carbocycles. The minimum Gasteiger partial charge on any atom is -0.345 e. The zero-order chi connectivity index (χ0) is 7.68. The number of nitrogens with zero attached hydrogens (tertiary/aromatic N) is 1. The van der Waals surface area contributed by atoms with Crippen LogP contribution < -0.4 is 0 Å². The summed E-state index contributed by atoms with van der Waals surface area (Å²) >= 11 is 0. The second-order valence-corrected chi connectivity index (χ2v) is 3.95. The van der Waals surface area contributed by atoms with Crippen LogP contribution in [0, 0.1) is 11.8 Å². The van der Waals surface area contributed by atoms with Gasteiger partial charge in [-0.25, -0.2) is 0 Å². The average molecular weight is 153 g/mol.